The van der Waals surface area contributed by atoms with Crippen molar-refractivity contribution < 1.29 is 4.79 Å². The lowest BCUT2D eigenvalue weighted by molar-refractivity contribution is 0.102. The Morgan fingerprint density at radius 3 is 2.19 bits per heavy atom. The number of pyridine rings is 1. The molecule has 0 spiro atoms. The molecular formula is C16H12N4O. The van der Waals surface area contributed by atoms with Crippen molar-refractivity contribution in [1.29, 1.82) is 0 Å². The summed E-state index contributed by atoms with van der Waals surface area (Å²) in [5, 5.41) is 2.64. The van der Waals surface area contributed by atoms with Crippen LogP contribution in [0.2, 0.25) is 0 Å². The summed E-state index contributed by atoms with van der Waals surface area (Å²) in [5.74, 6) is 0.0464. The number of nitrogens with one attached hydrogen (secondary N) is 1. The number of anilines is 1. The number of nitrogens with zero attached hydrogens (tertiary/aromatic N) is 3. The molecular weight excluding hydrogens is 264 g/mol. The molecule has 1 N–H and O–H groups in total. The molecule has 0 saturated heterocycles. The predicted molar refractivity (Wildman–Crippen MR) is 79.7 cm³/mol. The molecule has 3 aromatic rings. The van der Waals surface area contributed by atoms with Gasteiger partial charge < -0.3 is 0 Å². The third-order valence-electron chi connectivity index (χ3n) is 2.90. The Morgan fingerprint density at radius 2 is 1.52 bits per heavy atom. The van der Waals surface area contributed by atoms with E-state index in [2.05, 4.69) is 20.3 Å². The number of benzene rings is 1. The number of amides is 1. The summed E-state index contributed by atoms with van der Waals surface area (Å²) < 4.78 is 0. The van der Waals surface area contributed by atoms with Crippen molar-refractivity contribution in [3.05, 3.63) is 72.7 Å². The van der Waals surface area contributed by atoms with Gasteiger partial charge in [0.1, 0.15) is 0 Å². The fourth-order valence-corrected chi connectivity index (χ4v) is 1.86. The van der Waals surface area contributed by atoms with Gasteiger partial charge in [-0.25, -0.2) is 9.97 Å². The average molecular weight is 276 g/mol. The SMILES string of the molecule is O=C(Nc1ncccn1)c1ccc(-c2ccccn2)cc1. The summed E-state index contributed by atoms with van der Waals surface area (Å²) in [5.41, 5.74) is 2.38. The van der Waals surface area contributed by atoms with Gasteiger partial charge in [0.15, 0.2) is 0 Å². The van der Waals surface area contributed by atoms with Crippen molar-refractivity contribution in [2.45, 2.75) is 0 Å². The van der Waals surface area contributed by atoms with Crippen LogP contribution < -0.4 is 5.32 Å². The van der Waals surface area contributed by atoms with Gasteiger partial charge in [0, 0.05) is 29.7 Å². The molecule has 3 rings (SSSR count). The number of carbonyl (C=O) groups is 1. The van der Waals surface area contributed by atoms with Crippen LogP contribution in [0.15, 0.2) is 67.1 Å². The molecule has 0 aliphatic rings. The molecule has 0 atom stereocenters. The molecule has 5 nitrogen and oxygen atoms in total. The van der Waals surface area contributed by atoms with Gasteiger partial charge in [-0.1, -0.05) is 18.2 Å². The van der Waals surface area contributed by atoms with Crippen LogP contribution in [0.5, 0.6) is 0 Å². The molecule has 1 amide bonds. The van der Waals surface area contributed by atoms with Gasteiger partial charge in [0.25, 0.3) is 5.91 Å². The summed E-state index contributed by atoms with van der Waals surface area (Å²) >= 11 is 0. The minimum absolute atomic E-state index is 0.242. The van der Waals surface area contributed by atoms with Crippen LogP contribution in [-0.4, -0.2) is 20.9 Å². The molecule has 0 aliphatic carbocycles. The monoisotopic (exact) mass is 276 g/mol. The molecule has 102 valence electrons. The minimum atomic E-state index is -0.242. The molecule has 0 saturated carbocycles. The van der Waals surface area contributed by atoms with Gasteiger partial charge in [-0.15, -0.1) is 0 Å². The van der Waals surface area contributed by atoms with Crippen molar-refractivity contribution >= 4 is 11.9 Å². The summed E-state index contributed by atoms with van der Waals surface area (Å²) in [4.78, 5) is 24.2. The smallest absolute Gasteiger partial charge is 0.258 e. The second-order valence-electron chi connectivity index (χ2n) is 4.32. The van der Waals surface area contributed by atoms with Crippen molar-refractivity contribution in [3.63, 3.8) is 0 Å². The first-order valence-electron chi connectivity index (χ1n) is 6.43. The van der Waals surface area contributed by atoms with Gasteiger partial charge in [0.2, 0.25) is 5.95 Å². The number of carbonyl (C=O) groups excluding carboxylic acids is 1. The predicted octanol–water partition coefficient (Wildman–Crippen LogP) is 2.79. The second kappa shape index (κ2) is 5.92. The standard InChI is InChI=1S/C16H12N4O/c21-15(20-16-18-10-3-11-19-16)13-7-5-12(6-8-13)14-4-1-2-9-17-14/h1-11H,(H,18,19,20,21). The van der Waals surface area contributed by atoms with E-state index in [4.69, 9.17) is 0 Å². The lowest BCUT2D eigenvalue weighted by Crippen LogP contribution is -2.13. The summed E-state index contributed by atoms with van der Waals surface area (Å²) in [6.45, 7) is 0. The van der Waals surface area contributed by atoms with E-state index in [-0.39, 0.29) is 11.9 Å². The van der Waals surface area contributed by atoms with Gasteiger partial charge in [-0.2, -0.15) is 0 Å². The van der Waals surface area contributed by atoms with E-state index in [1.807, 2.05) is 30.3 Å². The van der Waals surface area contributed by atoms with Crippen molar-refractivity contribution in [2.24, 2.45) is 0 Å². The Labute approximate surface area is 121 Å². The highest BCUT2D eigenvalue weighted by Gasteiger charge is 2.07. The lowest BCUT2D eigenvalue weighted by atomic mass is 10.1. The number of hydrogen-bond acceptors (Lipinski definition) is 4. The van der Waals surface area contributed by atoms with Crippen molar-refractivity contribution in [3.8, 4) is 11.3 Å². The first kappa shape index (κ1) is 12.9. The Hall–Kier alpha value is -3.08. The van der Waals surface area contributed by atoms with Gasteiger partial charge >= 0.3 is 0 Å². The third kappa shape index (κ3) is 3.09. The third-order valence-corrected chi connectivity index (χ3v) is 2.90. The van der Waals surface area contributed by atoms with E-state index >= 15 is 0 Å². The zero-order valence-electron chi connectivity index (χ0n) is 11.1. The Kier molecular flexibility index (Phi) is 3.64. The fraction of sp³-hybridized carbons (Fsp3) is 0. The summed E-state index contributed by atoms with van der Waals surface area (Å²) in [6, 6.07) is 14.6. The highest BCUT2D eigenvalue weighted by molar-refractivity contribution is 6.03. The summed E-state index contributed by atoms with van der Waals surface area (Å²) in [7, 11) is 0. The van der Waals surface area contributed by atoms with E-state index in [0.717, 1.165) is 11.3 Å². The van der Waals surface area contributed by atoms with Gasteiger partial charge in [0.05, 0.1) is 5.69 Å². The highest BCUT2D eigenvalue weighted by Crippen LogP contribution is 2.17. The van der Waals surface area contributed by atoms with E-state index in [1.54, 1.807) is 36.8 Å². The van der Waals surface area contributed by atoms with E-state index in [9.17, 15) is 4.79 Å². The average Bonchev–Trinajstić information content (AvgIpc) is 2.57. The molecule has 5 heteroatoms. The molecule has 0 unspecified atom stereocenters. The zero-order chi connectivity index (χ0) is 14.5. The maximum Gasteiger partial charge on any atom is 0.258 e. The zero-order valence-corrected chi connectivity index (χ0v) is 11.1. The molecule has 2 aromatic heterocycles. The molecule has 21 heavy (non-hydrogen) atoms. The normalized spacial score (nSPS) is 10.1. The largest absolute Gasteiger partial charge is 0.290 e. The van der Waals surface area contributed by atoms with E-state index in [1.165, 1.54) is 0 Å². The van der Waals surface area contributed by atoms with Crippen molar-refractivity contribution in [2.75, 3.05) is 5.32 Å². The molecule has 1 aromatic carbocycles. The molecule has 0 radical (unpaired) electrons. The molecule has 0 aliphatic heterocycles. The molecule has 2 heterocycles. The Morgan fingerprint density at radius 1 is 0.810 bits per heavy atom. The number of aromatic nitrogens is 3. The van der Waals surface area contributed by atoms with E-state index in [0.29, 0.717) is 5.56 Å². The summed E-state index contributed by atoms with van der Waals surface area (Å²) in [6.07, 6.45) is 4.89. The lowest BCUT2D eigenvalue weighted by Gasteiger charge is -2.04. The second-order valence-corrected chi connectivity index (χ2v) is 4.32. The van der Waals surface area contributed by atoms with Crippen LogP contribution in [0.3, 0.4) is 0 Å². The maximum absolute atomic E-state index is 12.1. The van der Waals surface area contributed by atoms with Crippen LogP contribution >= 0.6 is 0 Å². The van der Waals surface area contributed by atoms with Crippen molar-refractivity contribution in [1.82, 2.24) is 15.0 Å². The maximum atomic E-state index is 12.1. The topological polar surface area (TPSA) is 67.8 Å². The molecule has 0 fully saturated rings. The number of rotatable bonds is 3. The highest BCUT2D eigenvalue weighted by atomic mass is 16.1. The fourth-order valence-electron chi connectivity index (χ4n) is 1.86. The van der Waals surface area contributed by atoms with Gasteiger partial charge in [-0.05, 0) is 30.3 Å². The van der Waals surface area contributed by atoms with E-state index < -0.39 is 0 Å². The van der Waals surface area contributed by atoms with Crippen LogP contribution in [-0.2, 0) is 0 Å². The molecule has 0 bridgehead atoms. The van der Waals surface area contributed by atoms with Gasteiger partial charge in [-0.3, -0.25) is 15.1 Å². The van der Waals surface area contributed by atoms with Crippen LogP contribution in [0.4, 0.5) is 5.95 Å². The quantitative estimate of drug-likeness (QED) is 0.798. The Balaban J connectivity index is 1.77. The van der Waals surface area contributed by atoms with Crippen LogP contribution in [0.25, 0.3) is 11.3 Å². The Bertz CT molecular complexity index is 727. The first-order chi connectivity index (χ1) is 10.3. The van der Waals surface area contributed by atoms with Crippen LogP contribution in [0.1, 0.15) is 10.4 Å². The first-order valence-corrected chi connectivity index (χ1v) is 6.43. The van der Waals surface area contributed by atoms with Crippen LogP contribution in [0, 0.1) is 0 Å². The number of hydrogen-bond donors (Lipinski definition) is 1. The minimum Gasteiger partial charge on any atom is -0.290 e.